The number of para-hydroxylation sites is 1. The van der Waals surface area contributed by atoms with E-state index in [4.69, 9.17) is 9.73 Å². The second-order valence-electron chi connectivity index (χ2n) is 7.24. The van der Waals surface area contributed by atoms with E-state index in [1.54, 1.807) is 0 Å². The minimum absolute atomic E-state index is 0.0908. The maximum absolute atomic E-state index is 12.2. The first-order valence-electron chi connectivity index (χ1n) is 10.4. The van der Waals surface area contributed by atoms with Crippen molar-refractivity contribution < 1.29 is 9.53 Å². The van der Waals surface area contributed by atoms with Gasteiger partial charge in [0.05, 0.1) is 30.5 Å². The van der Waals surface area contributed by atoms with E-state index in [1.807, 2.05) is 42.9 Å². The molecule has 1 N–H and O–H groups in total. The van der Waals surface area contributed by atoms with Crippen LogP contribution in [0.5, 0.6) is 0 Å². The van der Waals surface area contributed by atoms with Crippen molar-refractivity contribution >= 4 is 11.9 Å². The lowest BCUT2D eigenvalue weighted by Gasteiger charge is -2.34. The Labute approximate surface area is 172 Å². The summed E-state index contributed by atoms with van der Waals surface area (Å²) in [4.78, 5) is 19.2. The molecular formula is C22H31N5O2. The fourth-order valence-electron chi connectivity index (χ4n) is 3.63. The predicted octanol–water partition coefficient (Wildman–Crippen LogP) is 2.92. The monoisotopic (exact) mass is 397 g/mol. The van der Waals surface area contributed by atoms with E-state index in [0.717, 1.165) is 48.8 Å². The van der Waals surface area contributed by atoms with Crippen LogP contribution in [0.25, 0.3) is 5.69 Å². The number of guanidine groups is 1. The number of hydrogen-bond donors (Lipinski definition) is 1. The Morgan fingerprint density at radius 2 is 2.14 bits per heavy atom. The highest BCUT2D eigenvalue weighted by molar-refractivity contribution is 5.81. The molecule has 0 aliphatic carbocycles. The normalized spacial score (nSPS) is 17.3. The molecule has 1 saturated heterocycles. The fraction of sp³-hybridized carbons (Fsp3) is 0.500. The third kappa shape index (κ3) is 5.37. The van der Waals surface area contributed by atoms with E-state index in [-0.39, 0.29) is 11.9 Å². The molecule has 0 spiro atoms. The number of hydrogen-bond acceptors (Lipinski definition) is 4. The number of rotatable bonds is 6. The summed E-state index contributed by atoms with van der Waals surface area (Å²) < 4.78 is 7.12. The van der Waals surface area contributed by atoms with Gasteiger partial charge in [-0.3, -0.25) is 4.79 Å². The molecular weight excluding hydrogens is 366 g/mol. The quantitative estimate of drug-likeness (QED) is 0.461. The third-order valence-electron chi connectivity index (χ3n) is 5.04. The Kier molecular flexibility index (Phi) is 7.27. The van der Waals surface area contributed by atoms with Crippen LogP contribution in [0.3, 0.4) is 0 Å². The maximum Gasteiger partial charge on any atom is 0.310 e. The molecule has 1 aliphatic heterocycles. The predicted molar refractivity (Wildman–Crippen MR) is 114 cm³/mol. The summed E-state index contributed by atoms with van der Waals surface area (Å²) in [6.45, 7) is 9.17. The highest BCUT2D eigenvalue weighted by Gasteiger charge is 2.28. The first-order valence-corrected chi connectivity index (χ1v) is 10.4. The molecule has 3 rings (SSSR count). The van der Waals surface area contributed by atoms with Crippen molar-refractivity contribution in [2.24, 2.45) is 10.9 Å². The van der Waals surface area contributed by atoms with E-state index in [2.05, 4.69) is 34.4 Å². The Balaban J connectivity index is 1.77. The van der Waals surface area contributed by atoms with Gasteiger partial charge >= 0.3 is 5.97 Å². The SMILES string of the molecule is CCNC(=NCc1ccccc1-n1ccc(C)n1)N1CCC[C@@H](C(=O)OCC)C1. The van der Waals surface area contributed by atoms with Crippen molar-refractivity contribution in [3.8, 4) is 5.69 Å². The lowest BCUT2D eigenvalue weighted by molar-refractivity contribution is -0.149. The number of aliphatic imine (C=N–C) groups is 1. The second kappa shape index (κ2) is 10.1. The Bertz CT molecular complexity index is 845. The summed E-state index contributed by atoms with van der Waals surface area (Å²) in [5, 5.41) is 7.91. The molecule has 7 nitrogen and oxygen atoms in total. The van der Waals surface area contributed by atoms with Crippen molar-refractivity contribution in [2.75, 3.05) is 26.2 Å². The zero-order chi connectivity index (χ0) is 20.6. The van der Waals surface area contributed by atoms with Crippen LogP contribution in [-0.4, -0.2) is 52.9 Å². The van der Waals surface area contributed by atoms with E-state index < -0.39 is 0 Å². The van der Waals surface area contributed by atoms with Gasteiger partial charge in [-0.2, -0.15) is 5.10 Å². The molecule has 0 saturated carbocycles. The highest BCUT2D eigenvalue weighted by Crippen LogP contribution is 2.19. The van der Waals surface area contributed by atoms with Crippen LogP contribution in [0.1, 0.15) is 37.9 Å². The van der Waals surface area contributed by atoms with Crippen LogP contribution < -0.4 is 5.32 Å². The third-order valence-corrected chi connectivity index (χ3v) is 5.04. The van der Waals surface area contributed by atoms with Gasteiger partial charge in [0.2, 0.25) is 0 Å². The number of esters is 1. The topological polar surface area (TPSA) is 71.8 Å². The molecule has 156 valence electrons. The smallest absolute Gasteiger partial charge is 0.310 e. The number of likely N-dealkylation sites (tertiary alicyclic amines) is 1. The van der Waals surface area contributed by atoms with Gasteiger partial charge < -0.3 is 15.0 Å². The van der Waals surface area contributed by atoms with Gasteiger partial charge in [-0.15, -0.1) is 0 Å². The number of aryl methyl sites for hydroxylation is 1. The van der Waals surface area contributed by atoms with Crippen LogP contribution in [0.15, 0.2) is 41.5 Å². The van der Waals surface area contributed by atoms with E-state index in [9.17, 15) is 4.79 Å². The van der Waals surface area contributed by atoms with Gasteiger partial charge in [-0.1, -0.05) is 18.2 Å². The number of piperidine rings is 1. The van der Waals surface area contributed by atoms with Crippen LogP contribution in [-0.2, 0) is 16.1 Å². The van der Waals surface area contributed by atoms with Crippen molar-refractivity contribution in [2.45, 2.75) is 40.2 Å². The van der Waals surface area contributed by atoms with Gasteiger partial charge in [0.25, 0.3) is 0 Å². The molecule has 2 heterocycles. The average Bonchev–Trinajstić information content (AvgIpc) is 3.17. The molecule has 2 aromatic rings. The average molecular weight is 398 g/mol. The molecule has 29 heavy (non-hydrogen) atoms. The van der Waals surface area contributed by atoms with E-state index in [1.165, 1.54) is 0 Å². The van der Waals surface area contributed by atoms with Crippen LogP contribution >= 0.6 is 0 Å². The summed E-state index contributed by atoms with van der Waals surface area (Å²) in [5.74, 6) is 0.646. The second-order valence-corrected chi connectivity index (χ2v) is 7.24. The number of aromatic nitrogens is 2. The van der Waals surface area contributed by atoms with Crippen LogP contribution in [0.4, 0.5) is 0 Å². The zero-order valence-electron chi connectivity index (χ0n) is 17.6. The molecule has 0 amide bonds. The summed E-state index contributed by atoms with van der Waals surface area (Å²) in [7, 11) is 0. The lowest BCUT2D eigenvalue weighted by Crippen LogP contribution is -2.48. The lowest BCUT2D eigenvalue weighted by atomic mass is 9.98. The van der Waals surface area contributed by atoms with Crippen LogP contribution in [0.2, 0.25) is 0 Å². The Hall–Kier alpha value is -2.83. The van der Waals surface area contributed by atoms with Crippen molar-refractivity contribution in [1.82, 2.24) is 20.0 Å². The molecule has 0 radical (unpaired) electrons. The van der Waals surface area contributed by atoms with Gasteiger partial charge in [0, 0.05) is 25.8 Å². The maximum atomic E-state index is 12.2. The number of nitrogens with zero attached hydrogens (tertiary/aromatic N) is 4. The molecule has 1 aromatic carbocycles. The number of ether oxygens (including phenoxy) is 1. The summed E-state index contributed by atoms with van der Waals surface area (Å²) in [5.41, 5.74) is 3.11. The molecule has 1 aromatic heterocycles. The number of nitrogens with one attached hydrogen (secondary N) is 1. The molecule has 1 atom stereocenters. The first kappa shape index (κ1) is 20.9. The summed E-state index contributed by atoms with van der Waals surface area (Å²) in [6.07, 6.45) is 3.80. The van der Waals surface area contributed by atoms with E-state index in [0.29, 0.717) is 19.7 Å². The fourth-order valence-corrected chi connectivity index (χ4v) is 3.63. The highest BCUT2D eigenvalue weighted by atomic mass is 16.5. The molecule has 0 bridgehead atoms. The minimum atomic E-state index is -0.104. The molecule has 1 aliphatic rings. The van der Waals surface area contributed by atoms with Gasteiger partial charge in [-0.25, -0.2) is 9.67 Å². The van der Waals surface area contributed by atoms with Gasteiger partial charge in [0.1, 0.15) is 0 Å². The van der Waals surface area contributed by atoms with Gasteiger partial charge in [0.15, 0.2) is 5.96 Å². The number of carbonyl (C=O) groups is 1. The van der Waals surface area contributed by atoms with Crippen LogP contribution in [0, 0.1) is 12.8 Å². The largest absolute Gasteiger partial charge is 0.466 e. The summed E-state index contributed by atoms with van der Waals surface area (Å²) >= 11 is 0. The number of benzene rings is 1. The van der Waals surface area contributed by atoms with Gasteiger partial charge in [-0.05, 0) is 51.3 Å². The van der Waals surface area contributed by atoms with Crippen molar-refractivity contribution in [3.05, 3.63) is 47.8 Å². The summed E-state index contributed by atoms with van der Waals surface area (Å²) in [6, 6.07) is 10.2. The number of carbonyl (C=O) groups excluding carboxylic acids is 1. The minimum Gasteiger partial charge on any atom is -0.466 e. The van der Waals surface area contributed by atoms with E-state index >= 15 is 0 Å². The molecule has 7 heteroatoms. The zero-order valence-corrected chi connectivity index (χ0v) is 17.6. The molecule has 0 unspecified atom stereocenters. The van der Waals surface area contributed by atoms with Crippen molar-refractivity contribution in [1.29, 1.82) is 0 Å². The Morgan fingerprint density at radius 3 is 2.86 bits per heavy atom. The standard InChI is InChI=1S/C22H31N5O2/c1-4-23-22(26-13-8-10-19(16-26)21(28)29-5-2)24-15-18-9-6-7-11-20(18)27-14-12-17(3)25-27/h6-7,9,11-12,14,19H,4-5,8,10,13,15-16H2,1-3H3,(H,23,24)/t19-/m1/s1. The molecule has 1 fully saturated rings. The first-order chi connectivity index (χ1) is 14.1. The Morgan fingerprint density at radius 1 is 1.31 bits per heavy atom. The van der Waals surface area contributed by atoms with Crippen molar-refractivity contribution in [3.63, 3.8) is 0 Å².